The van der Waals surface area contributed by atoms with E-state index in [-0.39, 0.29) is 23.4 Å². The van der Waals surface area contributed by atoms with E-state index in [9.17, 15) is 13.2 Å². The van der Waals surface area contributed by atoms with Gasteiger partial charge in [-0.05, 0) is 55.4 Å². The minimum absolute atomic E-state index is 0.0892. The Hall–Kier alpha value is -2.44. The molecule has 0 saturated heterocycles. The van der Waals surface area contributed by atoms with E-state index in [0.29, 0.717) is 11.5 Å². The maximum atomic E-state index is 13.0. The highest BCUT2D eigenvalue weighted by molar-refractivity contribution is 7.89. The lowest BCUT2D eigenvalue weighted by Gasteiger charge is -2.35. The number of amides is 1. The smallest absolute Gasteiger partial charge is 0.253 e. The molecule has 3 rings (SSSR count). The van der Waals surface area contributed by atoms with Crippen LogP contribution in [0.2, 0.25) is 0 Å². The molecule has 5 nitrogen and oxygen atoms in total. The molecular weight excluding hydrogens is 384 g/mol. The summed E-state index contributed by atoms with van der Waals surface area (Å²) in [6, 6.07) is 16.9. The van der Waals surface area contributed by atoms with Gasteiger partial charge in [0, 0.05) is 25.2 Å². The van der Waals surface area contributed by atoms with Gasteiger partial charge in [-0.3, -0.25) is 4.79 Å². The van der Waals surface area contributed by atoms with Gasteiger partial charge in [0.25, 0.3) is 5.91 Å². The van der Waals surface area contributed by atoms with Gasteiger partial charge >= 0.3 is 0 Å². The molecule has 1 amide bonds. The summed E-state index contributed by atoms with van der Waals surface area (Å²) < 4.78 is 27.1. The first kappa shape index (κ1) is 21.3. The van der Waals surface area contributed by atoms with E-state index >= 15 is 0 Å². The Labute approximate surface area is 173 Å². The van der Waals surface area contributed by atoms with E-state index in [1.165, 1.54) is 23.8 Å². The lowest BCUT2D eigenvalue weighted by molar-refractivity contribution is 0.0689. The van der Waals surface area contributed by atoms with Crippen molar-refractivity contribution in [3.63, 3.8) is 0 Å². The molecule has 2 aromatic carbocycles. The fraction of sp³-hybridized carbons (Fsp3) is 0.348. The van der Waals surface area contributed by atoms with Crippen LogP contribution in [0.15, 0.2) is 72.1 Å². The average Bonchev–Trinajstić information content (AvgIpc) is 2.77. The van der Waals surface area contributed by atoms with Crippen molar-refractivity contribution in [2.75, 3.05) is 13.6 Å². The summed E-state index contributed by atoms with van der Waals surface area (Å²) in [5, 5.41) is 0. The molecule has 0 radical (unpaired) electrons. The van der Waals surface area contributed by atoms with Crippen molar-refractivity contribution in [3.8, 4) is 0 Å². The minimum Gasteiger partial charge on any atom is -0.339 e. The summed E-state index contributed by atoms with van der Waals surface area (Å²) >= 11 is 0. The molecule has 154 valence electrons. The fourth-order valence-corrected chi connectivity index (χ4v) is 4.98. The van der Waals surface area contributed by atoms with Crippen molar-refractivity contribution in [2.45, 2.75) is 42.5 Å². The van der Waals surface area contributed by atoms with Crippen molar-refractivity contribution in [3.05, 3.63) is 78.4 Å². The van der Waals surface area contributed by atoms with Gasteiger partial charge in [-0.2, -0.15) is 0 Å². The lowest BCUT2D eigenvalue weighted by atomic mass is 9.81. The molecule has 1 N–H and O–H groups in total. The number of hydrogen-bond donors (Lipinski definition) is 1. The monoisotopic (exact) mass is 412 g/mol. The molecule has 0 aliphatic heterocycles. The number of carbonyl (C=O) groups excluding carboxylic acids is 1. The van der Waals surface area contributed by atoms with Gasteiger partial charge in [-0.1, -0.05) is 42.5 Å². The highest BCUT2D eigenvalue weighted by atomic mass is 32.2. The molecule has 0 bridgehead atoms. The van der Waals surface area contributed by atoms with Crippen LogP contribution >= 0.6 is 0 Å². The number of nitrogens with zero attached hydrogens (tertiary/aromatic N) is 1. The third-order valence-electron chi connectivity index (χ3n) is 5.64. The van der Waals surface area contributed by atoms with Crippen LogP contribution in [0.3, 0.4) is 0 Å². The lowest BCUT2D eigenvalue weighted by Crippen LogP contribution is -2.39. The number of rotatable bonds is 7. The summed E-state index contributed by atoms with van der Waals surface area (Å²) in [6.07, 6.45) is 5.46. The van der Waals surface area contributed by atoms with Gasteiger partial charge in [0.2, 0.25) is 10.0 Å². The van der Waals surface area contributed by atoms with Crippen LogP contribution in [0.5, 0.6) is 0 Å². The number of hydrogen-bond acceptors (Lipinski definition) is 3. The normalized spacial score (nSPS) is 19.5. The van der Waals surface area contributed by atoms with Crippen molar-refractivity contribution in [1.29, 1.82) is 0 Å². The SMILES string of the molecule is C=CCNS(=O)(=O)c1cccc(C(=O)N(C)C2CCC(c3ccccc3)CC2)c1. The maximum absolute atomic E-state index is 13.0. The van der Waals surface area contributed by atoms with Crippen molar-refractivity contribution >= 4 is 15.9 Å². The number of carbonyl (C=O) groups is 1. The van der Waals surface area contributed by atoms with Crippen LogP contribution in [0.4, 0.5) is 0 Å². The van der Waals surface area contributed by atoms with Gasteiger partial charge in [0.05, 0.1) is 4.90 Å². The van der Waals surface area contributed by atoms with E-state index in [0.717, 1.165) is 25.7 Å². The highest BCUT2D eigenvalue weighted by Crippen LogP contribution is 2.34. The van der Waals surface area contributed by atoms with Crippen molar-refractivity contribution < 1.29 is 13.2 Å². The topological polar surface area (TPSA) is 66.5 Å². The van der Waals surface area contributed by atoms with Crippen LogP contribution in [-0.4, -0.2) is 38.9 Å². The van der Waals surface area contributed by atoms with Gasteiger partial charge in [-0.15, -0.1) is 6.58 Å². The van der Waals surface area contributed by atoms with E-state index in [4.69, 9.17) is 0 Å². The second-order valence-corrected chi connectivity index (χ2v) is 9.27. The van der Waals surface area contributed by atoms with E-state index in [1.54, 1.807) is 17.0 Å². The van der Waals surface area contributed by atoms with Crippen LogP contribution < -0.4 is 4.72 Å². The quantitative estimate of drug-likeness (QED) is 0.700. The fourth-order valence-electron chi connectivity index (χ4n) is 3.94. The third-order valence-corrected chi connectivity index (χ3v) is 7.07. The first-order chi connectivity index (χ1) is 13.9. The predicted molar refractivity (Wildman–Crippen MR) is 115 cm³/mol. The first-order valence-electron chi connectivity index (χ1n) is 9.95. The standard InChI is InChI=1S/C23H28N2O3S/c1-3-16-24-29(27,28)22-11-7-10-20(17-22)23(26)25(2)21-14-12-19(13-15-21)18-8-5-4-6-9-18/h3-11,17,19,21,24H,1,12-16H2,2H3. The number of benzene rings is 2. The third kappa shape index (κ3) is 5.14. The molecular formula is C23H28N2O3S. The molecule has 0 aromatic heterocycles. The van der Waals surface area contributed by atoms with Crippen LogP contribution in [0.25, 0.3) is 0 Å². The summed E-state index contributed by atoms with van der Waals surface area (Å²) in [5.74, 6) is 0.397. The van der Waals surface area contributed by atoms with Crippen LogP contribution in [0, 0.1) is 0 Å². The van der Waals surface area contributed by atoms with Crippen LogP contribution in [0.1, 0.15) is 47.5 Å². The maximum Gasteiger partial charge on any atom is 0.253 e. The first-order valence-corrected chi connectivity index (χ1v) is 11.4. The van der Waals surface area contributed by atoms with Crippen molar-refractivity contribution in [1.82, 2.24) is 9.62 Å². The molecule has 0 spiro atoms. The minimum atomic E-state index is -3.66. The average molecular weight is 413 g/mol. The molecule has 29 heavy (non-hydrogen) atoms. The molecule has 6 heteroatoms. The Morgan fingerprint density at radius 1 is 1.10 bits per heavy atom. The summed E-state index contributed by atoms with van der Waals surface area (Å²) in [6.45, 7) is 3.66. The second kappa shape index (κ2) is 9.37. The molecule has 0 atom stereocenters. The Kier molecular flexibility index (Phi) is 6.87. The zero-order valence-electron chi connectivity index (χ0n) is 16.8. The largest absolute Gasteiger partial charge is 0.339 e. The molecule has 1 aliphatic carbocycles. The number of sulfonamides is 1. The Balaban J connectivity index is 1.66. The molecule has 0 heterocycles. The Bertz CT molecular complexity index is 949. The van der Waals surface area contributed by atoms with Gasteiger partial charge < -0.3 is 4.90 Å². The van der Waals surface area contributed by atoms with E-state index in [1.807, 2.05) is 13.1 Å². The molecule has 0 unspecified atom stereocenters. The van der Waals surface area contributed by atoms with E-state index in [2.05, 4.69) is 35.6 Å². The van der Waals surface area contributed by atoms with Gasteiger partial charge in [0.15, 0.2) is 0 Å². The summed E-state index contributed by atoms with van der Waals surface area (Å²) in [7, 11) is -1.85. The Morgan fingerprint density at radius 2 is 1.79 bits per heavy atom. The van der Waals surface area contributed by atoms with Gasteiger partial charge in [0.1, 0.15) is 0 Å². The zero-order valence-corrected chi connectivity index (χ0v) is 17.6. The second-order valence-electron chi connectivity index (χ2n) is 7.50. The van der Waals surface area contributed by atoms with Gasteiger partial charge in [-0.25, -0.2) is 13.1 Å². The van der Waals surface area contributed by atoms with E-state index < -0.39 is 10.0 Å². The molecule has 1 fully saturated rings. The number of nitrogens with one attached hydrogen (secondary N) is 1. The summed E-state index contributed by atoms with van der Waals surface area (Å²) in [5.41, 5.74) is 1.75. The Morgan fingerprint density at radius 3 is 2.45 bits per heavy atom. The van der Waals surface area contributed by atoms with Crippen molar-refractivity contribution in [2.24, 2.45) is 0 Å². The molecule has 1 saturated carbocycles. The molecule has 2 aromatic rings. The molecule has 1 aliphatic rings. The zero-order chi connectivity index (χ0) is 20.9. The highest BCUT2D eigenvalue weighted by Gasteiger charge is 2.28. The van der Waals surface area contributed by atoms with Crippen LogP contribution in [-0.2, 0) is 10.0 Å². The summed E-state index contributed by atoms with van der Waals surface area (Å²) in [4.78, 5) is 14.8. The predicted octanol–water partition coefficient (Wildman–Crippen LogP) is 3.95.